The van der Waals surface area contributed by atoms with Gasteiger partial charge < -0.3 is 14.3 Å². The monoisotopic (exact) mass is 256 g/mol. The van der Waals surface area contributed by atoms with E-state index in [-0.39, 0.29) is 23.9 Å². The molecule has 3 nitrogen and oxygen atoms in total. The quantitative estimate of drug-likeness (QED) is 0.623. The molecule has 0 aromatic carbocycles. The summed E-state index contributed by atoms with van der Waals surface area (Å²) in [7, 11) is -1.80. The molecule has 0 aliphatic carbocycles. The number of ether oxygens (including phenoxy) is 1. The molecular formula is C13H24O3Si. The molecule has 1 saturated heterocycles. The van der Waals surface area contributed by atoms with Crippen molar-refractivity contribution in [3.63, 3.8) is 0 Å². The van der Waals surface area contributed by atoms with Gasteiger partial charge in [0.2, 0.25) is 0 Å². The molecule has 4 heteroatoms. The molecule has 2 heterocycles. The number of aliphatic hydroxyl groups is 1. The molecule has 2 rings (SSSR count). The first-order chi connectivity index (χ1) is 7.70. The van der Waals surface area contributed by atoms with Crippen LogP contribution in [0.5, 0.6) is 0 Å². The van der Waals surface area contributed by atoms with Gasteiger partial charge in [-0.25, -0.2) is 0 Å². The standard InChI is InChI=1S/C13H24O3Si/c1-12(2,3)17(4,5)16-11-8-10-6-7-13(11,9-14)15-10/h6-7,10-11,14H,8-9H2,1-5H3/t10-,11+,13+/m1/s1. The molecule has 0 unspecified atom stereocenters. The first-order valence-electron chi connectivity index (χ1n) is 6.36. The third kappa shape index (κ3) is 2.12. The first-order valence-corrected chi connectivity index (χ1v) is 9.27. The SMILES string of the molecule is CC(C)(C)[Si](C)(C)O[C@H]1C[C@H]2C=C[C@@]1(CO)O2. The molecule has 0 saturated carbocycles. The highest BCUT2D eigenvalue weighted by Gasteiger charge is 2.53. The highest BCUT2D eigenvalue weighted by Crippen LogP contribution is 2.45. The van der Waals surface area contributed by atoms with Crippen LogP contribution in [0.4, 0.5) is 0 Å². The highest BCUT2D eigenvalue weighted by atomic mass is 28.4. The Labute approximate surface area is 105 Å². The fourth-order valence-corrected chi connectivity index (χ4v) is 3.58. The van der Waals surface area contributed by atoms with Gasteiger partial charge in [-0.05, 0) is 24.2 Å². The molecule has 98 valence electrons. The summed E-state index contributed by atoms with van der Waals surface area (Å²) in [6, 6.07) is 0. The smallest absolute Gasteiger partial charge is 0.192 e. The van der Waals surface area contributed by atoms with Gasteiger partial charge in [-0.3, -0.25) is 0 Å². The van der Waals surface area contributed by atoms with Crippen LogP contribution in [0.2, 0.25) is 18.1 Å². The van der Waals surface area contributed by atoms with E-state index < -0.39 is 13.9 Å². The predicted molar refractivity (Wildman–Crippen MR) is 70.5 cm³/mol. The molecule has 0 amide bonds. The average molecular weight is 256 g/mol. The minimum absolute atomic E-state index is 0.0132. The van der Waals surface area contributed by atoms with Crippen LogP contribution in [0.25, 0.3) is 0 Å². The Morgan fingerprint density at radius 2 is 2.12 bits per heavy atom. The van der Waals surface area contributed by atoms with Gasteiger partial charge in [0.15, 0.2) is 8.32 Å². The Bertz CT molecular complexity index is 332. The summed E-state index contributed by atoms with van der Waals surface area (Å²) in [6.07, 6.45) is 5.06. The van der Waals surface area contributed by atoms with E-state index >= 15 is 0 Å². The maximum absolute atomic E-state index is 9.57. The Morgan fingerprint density at radius 3 is 2.59 bits per heavy atom. The maximum atomic E-state index is 9.57. The summed E-state index contributed by atoms with van der Waals surface area (Å²) < 4.78 is 12.2. The van der Waals surface area contributed by atoms with Crippen LogP contribution in [-0.4, -0.2) is 37.8 Å². The minimum atomic E-state index is -1.80. The van der Waals surface area contributed by atoms with Gasteiger partial charge in [0.05, 0.1) is 18.8 Å². The molecule has 0 radical (unpaired) electrons. The summed E-state index contributed by atoms with van der Waals surface area (Å²) >= 11 is 0. The fourth-order valence-electron chi connectivity index (χ4n) is 2.22. The van der Waals surface area contributed by atoms with Crippen LogP contribution in [0.1, 0.15) is 27.2 Å². The van der Waals surface area contributed by atoms with Crippen LogP contribution in [-0.2, 0) is 9.16 Å². The van der Waals surface area contributed by atoms with Gasteiger partial charge in [-0.15, -0.1) is 0 Å². The van der Waals surface area contributed by atoms with Crippen LogP contribution in [0, 0.1) is 0 Å². The van der Waals surface area contributed by atoms with Crippen molar-refractivity contribution < 1.29 is 14.3 Å². The normalized spacial score (nSPS) is 36.8. The van der Waals surface area contributed by atoms with E-state index in [1.165, 1.54) is 0 Å². The Hall–Kier alpha value is -0.163. The van der Waals surface area contributed by atoms with E-state index in [9.17, 15) is 5.11 Å². The highest BCUT2D eigenvalue weighted by molar-refractivity contribution is 6.74. The lowest BCUT2D eigenvalue weighted by Crippen LogP contribution is -2.51. The lowest BCUT2D eigenvalue weighted by molar-refractivity contribution is -0.0526. The number of aliphatic hydroxyl groups excluding tert-OH is 1. The largest absolute Gasteiger partial charge is 0.410 e. The lowest BCUT2D eigenvalue weighted by Gasteiger charge is -2.41. The van der Waals surface area contributed by atoms with Crippen LogP contribution < -0.4 is 0 Å². The lowest BCUT2D eigenvalue weighted by atomic mass is 9.93. The van der Waals surface area contributed by atoms with Crippen molar-refractivity contribution in [1.29, 1.82) is 0 Å². The Kier molecular flexibility index (Phi) is 3.06. The van der Waals surface area contributed by atoms with Crippen molar-refractivity contribution in [2.24, 2.45) is 0 Å². The predicted octanol–water partition coefficient (Wildman–Crippen LogP) is 2.47. The molecule has 2 aliphatic heterocycles. The fraction of sp³-hybridized carbons (Fsp3) is 0.846. The van der Waals surface area contributed by atoms with Crippen molar-refractivity contribution in [3.05, 3.63) is 12.2 Å². The number of rotatable bonds is 3. The number of fused-ring (bicyclic) bond motifs is 2. The Morgan fingerprint density at radius 1 is 1.47 bits per heavy atom. The second kappa shape index (κ2) is 3.92. The summed E-state index contributed by atoms with van der Waals surface area (Å²) in [5, 5.41) is 9.76. The van der Waals surface area contributed by atoms with Crippen LogP contribution in [0.3, 0.4) is 0 Å². The average Bonchev–Trinajstić information content (AvgIpc) is 2.73. The molecule has 0 spiro atoms. The molecule has 17 heavy (non-hydrogen) atoms. The van der Waals surface area contributed by atoms with Gasteiger partial charge in [0.1, 0.15) is 5.60 Å². The van der Waals surface area contributed by atoms with Crippen molar-refractivity contribution in [2.45, 2.75) is 63.1 Å². The van der Waals surface area contributed by atoms with E-state index in [2.05, 4.69) is 33.9 Å². The van der Waals surface area contributed by atoms with Gasteiger partial charge in [0, 0.05) is 6.42 Å². The van der Waals surface area contributed by atoms with Gasteiger partial charge in [-0.1, -0.05) is 26.8 Å². The third-order valence-corrected chi connectivity index (χ3v) is 8.93. The maximum Gasteiger partial charge on any atom is 0.192 e. The summed E-state index contributed by atoms with van der Waals surface area (Å²) in [6.45, 7) is 11.2. The van der Waals surface area contributed by atoms with Gasteiger partial charge in [-0.2, -0.15) is 0 Å². The molecule has 0 aromatic heterocycles. The van der Waals surface area contributed by atoms with E-state index in [4.69, 9.17) is 9.16 Å². The zero-order valence-electron chi connectivity index (χ0n) is 11.5. The summed E-state index contributed by atoms with van der Waals surface area (Å²) in [5.41, 5.74) is -0.569. The number of hydrogen-bond donors (Lipinski definition) is 1. The van der Waals surface area contributed by atoms with E-state index in [0.29, 0.717) is 0 Å². The van der Waals surface area contributed by atoms with Crippen molar-refractivity contribution >= 4 is 8.32 Å². The molecule has 3 atom stereocenters. The van der Waals surface area contributed by atoms with Crippen LogP contribution in [0.15, 0.2) is 12.2 Å². The van der Waals surface area contributed by atoms with E-state index in [1.807, 2.05) is 12.2 Å². The summed E-state index contributed by atoms with van der Waals surface area (Å²) in [5.74, 6) is 0. The van der Waals surface area contributed by atoms with Gasteiger partial charge in [0.25, 0.3) is 0 Å². The molecule has 2 aliphatic rings. The zero-order valence-corrected chi connectivity index (χ0v) is 12.5. The molecule has 0 aromatic rings. The van der Waals surface area contributed by atoms with Gasteiger partial charge >= 0.3 is 0 Å². The van der Waals surface area contributed by atoms with Crippen LogP contribution >= 0.6 is 0 Å². The minimum Gasteiger partial charge on any atom is -0.410 e. The Balaban J connectivity index is 2.13. The second-order valence-corrected chi connectivity index (χ2v) is 11.5. The molecule has 1 fully saturated rings. The van der Waals surface area contributed by atoms with Crippen molar-refractivity contribution in [2.75, 3.05) is 6.61 Å². The number of hydrogen-bond acceptors (Lipinski definition) is 3. The topological polar surface area (TPSA) is 38.7 Å². The zero-order chi connectivity index (χ0) is 12.9. The van der Waals surface area contributed by atoms with Crippen molar-refractivity contribution in [1.82, 2.24) is 0 Å². The van der Waals surface area contributed by atoms with E-state index in [1.54, 1.807) is 0 Å². The van der Waals surface area contributed by atoms with E-state index in [0.717, 1.165) is 6.42 Å². The summed E-state index contributed by atoms with van der Waals surface area (Å²) in [4.78, 5) is 0. The first kappa shape index (κ1) is 13.3. The molecule has 1 N–H and O–H groups in total. The molecule has 2 bridgehead atoms. The van der Waals surface area contributed by atoms with Crippen molar-refractivity contribution in [3.8, 4) is 0 Å². The second-order valence-electron chi connectivity index (χ2n) is 6.73. The third-order valence-electron chi connectivity index (χ3n) is 4.45. The molecular weight excluding hydrogens is 232 g/mol.